The SMILES string of the molecule is CC(C)C[C@H](NC(=O)[C@@H](Cc1ccccc1)NC(=O)CNC(=O)[C@H](Cc1ccccc1)NC(=O)[C@H](Cc1cnc[nH]1)NC(=O)CNC(=O)[C@@H](NC(=O)[C@@H](NC(=O)[C@H](Cc1ccccc1)NC(=O)[C@H](CCCN=C(N)N)NC(=O)[C@@H](N)CCC(N)=O)C(C)(C)S)[C@@H](C)O)C(=O)N[C@@H](Cc1ccc(O)cc1)C(=O)N1CCC[C@H]1C(=O)N[C@@H](CS)C(=O)N[C@@H](CC(N)=O)C(=O)NCC(=O)N1CCC[C@H]1C(=O)O. The number of carboxylic acids is 1. The molecule has 46 nitrogen and oxygen atoms in total. The molecule has 0 saturated carbocycles. The van der Waals surface area contributed by atoms with Crippen molar-refractivity contribution in [3.05, 3.63) is 156 Å². The summed E-state index contributed by atoms with van der Waals surface area (Å²) < 4.78 is -1.49. The Labute approximate surface area is 812 Å². The number of H-pyrrole nitrogens is 1. The number of guanidine groups is 1. The maximum atomic E-state index is 15.1. The van der Waals surface area contributed by atoms with Crippen molar-refractivity contribution in [1.29, 1.82) is 0 Å². The molecule has 3 heterocycles. The van der Waals surface area contributed by atoms with Crippen molar-refractivity contribution < 1.29 is 106 Å². The summed E-state index contributed by atoms with van der Waals surface area (Å²) in [7, 11) is 0. The van der Waals surface area contributed by atoms with Gasteiger partial charge in [0.2, 0.25) is 106 Å². The lowest BCUT2D eigenvalue weighted by Crippen LogP contribution is -2.64. The summed E-state index contributed by atoms with van der Waals surface area (Å²) in [5, 5.41) is 66.5. The van der Waals surface area contributed by atoms with E-state index in [2.05, 4.69) is 115 Å². The Bertz CT molecular complexity index is 5120. The third-order valence-electron chi connectivity index (χ3n) is 22.5. The van der Waals surface area contributed by atoms with Crippen molar-refractivity contribution >= 4 is 144 Å². The van der Waals surface area contributed by atoms with Gasteiger partial charge in [-0.25, -0.2) is 9.78 Å². The highest BCUT2D eigenvalue weighted by molar-refractivity contribution is 7.81. The number of aromatic nitrogens is 2. The number of carboxylic acid groups (broad SMARTS) is 1. The minimum Gasteiger partial charge on any atom is -0.508 e. The number of imidazole rings is 1. The molecule has 15 atom stereocenters. The monoisotopic (exact) mass is 1970 g/mol. The number of nitrogens with one attached hydrogen (secondary N) is 15. The maximum Gasteiger partial charge on any atom is 0.326 e. The highest BCUT2D eigenvalue weighted by atomic mass is 32.1. The maximum absolute atomic E-state index is 15.1. The molecule has 28 N–H and O–H groups in total. The van der Waals surface area contributed by atoms with Crippen LogP contribution in [0.4, 0.5) is 0 Å². The second kappa shape index (κ2) is 55.2. The van der Waals surface area contributed by atoms with E-state index in [1.54, 1.807) is 105 Å². The molecule has 0 unspecified atom stereocenters. The molecular weight excluding hydrogens is 1850 g/mol. The van der Waals surface area contributed by atoms with Crippen molar-refractivity contribution in [1.82, 2.24) is 94.2 Å². The lowest BCUT2D eigenvalue weighted by atomic mass is 9.99. The molecule has 754 valence electrons. The van der Waals surface area contributed by atoms with E-state index in [1.165, 1.54) is 55.5 Å². The summed E-state index contributed by atoms with van der Waals surface area (Å²) in [6.45, 7) is 5.19. The smallest absolute Gasteiger partial charge is 0.326 e. The fourth-order valence-corrected chi connectivity index (χ4v) is 15.6. The lowest BCUT2D eigenvalue weighted by Gasteiger charge is -2.33. The molecular formula is C91H126N24O22S2. The molecule has 0 spiro atoms. The van der Waals surface area contributed by atoms with Gasteiger partial charge in [0, 0.05) is 80.5 Å². The molecule has 5 aromatic rings. The van der Waals surface area contributed by atoms with Crippen LogP contribution in [0.5, 0.6) is 5.75 Å². The highest BCUT2D eigenvalue weighted by Crippen LogP contribution is 2.25. The topological polar surface area (TPSA) is 731 Å². The number of aliphatic imine (C=N–C) groups is 1. The second-order valence-corrected chi connectivity index (χ2v) is 36.2. The molecule has 0 bridgehead atoms. The zero-order chi connectivity index (χ0) is 102. The van der Waals surface area contributed by atoms with Gasteiger partial charge in [-0.2, -0.15) is 25.3 Å². The fourth-order valence-electron chi connectivity index (χ4n) is 15.2. The summed E-state index contributed by atoms with van der Waals surface area (Å²) in [5.74, 6) is -19.1. The fraction of sp³-hybridized carbons (Fsp3) is 0.484. The number of amides is 18. The predicted molar refractivity (Wildman–Crippen MR) is 510 cm³/mol. The average molecular weight is 1970 g/mol. The second-order valence-electron chi connectivity index (χ2n) is 34.7. The first kappa shape index (κ1) is 112. The van der Waals surface area contributed by atoms with Crippen molar-refractivity contribution in [2.24, 2.45) is 39.6 Å². The summed E-state index contributed by atoms with van der Waals surface area (Å²) in [4.78, 5) is 277. The normalized spacial score (nSPS) is 16.2. The van der Waals surface area contributed by atoms with Crippen LogP contribution in [0.25, 0.3) is 0 Å². The van der Waals surface area contributed by atoms with Crippen LogP contribution in [0, 0.1) is 5.92 Å². The van der Waals surface area contributed by atoms with Gasteiger partial charge in [-0.15, -0.1) is 0 Å². The Balaban J connectivity index is 1.03. The number of nitrogens with zero attached hydrogens (tertiary/aromatic N) is 4. The zero-order valence-corrected chi connectivity index (χ0v) is 79.4. The number of carbonyl (C=O) groups is 19. The summed E-state index contributed by atoms with van der Waals surface area (Å²) in [6, 6.07) is 9.94. The molecule has 4 aromatic carbocycles. The molecule has 48 heteroatoms. The van der Waals surface area contributed by atoms with Crippen LogP contribution < -0.4 is 103 Å². The van der Waals surface area contributed by atoms with Gasteiger partial charge in [0.25, 0.3) is 0 Å². The Hall–Kier alpha value is -14.3. The van der Waals surface area contributed by atoms with Crippen LogP contribution in [-0.2, 0) is 123 Å². The molecule has 2 aliphatic rings. The summed E-state index contributed by atoms with van der Waals surface area (Å²) in [6.07, 6.45) is -0.532. The molecule has 7 rings (SSSR count). The van der Waals surface area contributed by atoms with E-state index < -0.39 is 240 Å². The third kappa shape index (κ3) is 37.3. The first-order valence-corrected chi connectivity index (χ1v) is 46.2. The number of hydrogen-bond donors (Lipinski definition) is 25. The van der Waals surface area contributed by atoms with Crippen molar-refractivity contribution in [3.8, 4) is 5.75 Å². The number of thiol groups is 2. The molecule has 0 aliphatic carbocycles. The highest BCUT2D eigenvalue weighted by Gasteiger charge is 2.44. The number of benzene rings is 4. The van der Waals surface area contributed by atoms with Gasteiger partial charge in [-0.1, -0.05) is 117 Å². The van der Waals surface area contributed by atoms with Crippen LogP contribution in [-0.4, -0.2) is 294 Å². The Kier molecular flexibility index (Phi) is 44.4. The number of phenolic OH excluding ortho intramolecular Hbond substituents is 1. The minimum absolute atomic E-state index is 0.0266. The van der Waals surface area contributed by atoms with Crippen LogP contribution in [0.3, 0.4) is 0 Å². The van der Waals surface area contributed by atoms with E-state index in [9.17, 15) is 102 Å². The summed E-state index contributed by atoms with van der Waals surface area (Å²) >= 11 is 8.87. The number of carbonyl (C=O) groups excluding carboxylic acids is 18. The molecule has 139 heavy (non-hydrogen) atoms. The number of aromatic amines is 1. The predicted octanol–water partition coefficient (Wildman–Crippen LogP) is -6.04. The van der Waals surface area contributed by atoms with Crippen LogP contribution in [0.15, 0.2) is 133 Å². The quantitative estimate of drug-likeness (QED) is 0.00746. The van der Waals surface area contributed by atoms with Gasteiger partial charge in [-0.3, -0.25) is 91.3 Å². The number of aliphatic hydroxyl groups is 1. The van der Waals surface area contributed by atoms with Crippen LogP contribution in [0.2, 0.25) is 0 Å². The summed E-state index contributed by atoms with van der Waals surface area (Å²) in [5.41, 5.74) is 30.0. The van der Waals surface area contributed by atoms with Crippen LogP contribution >= 0.6 is 25.3 Å². The average Bonchev–Trinajstić information content (AvgIpc) is 1.69. The van der Waals surface area contributed by atoms with Crippen molar-refractivity contribution in [2.75, 3.05) is 45.0 Å². The van der Waals surface area contributed by atoms with E-state index in [4.69, 9.17) is 28.7 Å². The Morgan fingerprint density at radius 2 is 0.950 bits per heavy atom. The number of rotatable bonds is 55. The largest absolute Gasteiger partial charge is 0.508 e. The molecule has 2 aliphatic heterocycles. The molecule has 0 radical (unpaired) electrons. The van der Waals surface area contributed by atoms with E-state index in [0.717, 1.165) is 11.8 Å². The molecule has 2 saturated heterocycles. The number of aliphatic carboxylic acids is 1. The first-order chi connectivity index (χ1) is 65.9. The standard InChI is InChI=1S/C91H126N24O22S2/c1-49(2)36-59(80(127)110-65(40-54-27-29-56(117)30-28-54)88(135)115-35-16-25-67(115)85(132)111-66(47-138)84(131)109-64(42-70(94)119)78(125)101-46-73(122)114-34-17-26-68(114)89(136)137)106-81(128)61(38-52-20-11-7-12-21-52)103-71(120)44-99-77(124)60(37-51-18-9-6-10-19-51)107-82(129)63(41-55-43-97-48-102-55)104-72(121)45-100-86(133)74(50(3)116)112-87(134)75(91(4,5)139)113-83(130)62(39-53-22-13-8-14-23-53)108-79(126)58(24-15-33-98-90(95)96)105-76(123)57(92)31-32-69(93)118/h6-14,18-23,27-30,43,48-50,57-68,74-75,116-117,138-139H,15-17,24-26,31-42,44-47,92H2,1-5H3,(H2,93,118)(H2,94,119)(H,97,102)(H,99,124)(H,100,133)(H,101,125)(H,103,120)(H,104,121)(H,105,123)(H,106,128)(H,107,129)(H,108,126)(H,109,131)(H,110,127)(H,111,132)(H,112,134)(H,113,130)(H,136,137)(H4,95,96,98)/t50-,57+,58+,59+,60+,61-,62+,63+,64+,65+,66+,67+,68+,74+,75-/m1/s1. The number of likely N-dealkylation sites (tertiary alicyclic amines) is 2. The lowest BCUT2D eigenvalue weighted by molar-refractivity contribution is -0.148. The number of phenols is 1. The first-order valence-electron chi connectivity index (χ1n) is 45.1. The van der Waals surface area contributed by atoms with Crippen molar-refractivity contribution in [3.63, 3.8) is 0 Å². The number of primary amides is 2. The van der Waals surface area contributed by atoms with E-state index in [1.807, 2.05) is 0 Å². The Morgan fingerprint density at radius 3 is 1.46 bits per heavy atom. The minimum atomic E-state index is -1.86. The zero-order valence-electron chi connectivity index (χ0n) is 77.6. The van der Waals surface area contributed by atoms with Gasteiger partial charge in [0.05, 0.1) is 44.5 Å². The Morgan fingerprint density at radius 1 is 0.496 bits per heavy atom. The number of nitrogens with two attached hydrogens (primary N) is 5. The van der Waals surface area contributed by atoms with Gasteiger partial charge in [-0.05, 0) is 112 Å². The van der Waals surface area contributed by atoms with Gasteiger partial charge in [0.15, 0.2) is 5.96 Å². The van der Waals surface area contributed by atoms with Gasteiger partial charge >= 0.3 is 5.97 Å². The number of hydrogen-bond acceptors (Lipinski definition) is 26. The number of aromatic hydroxyl groups is 1. The van der Waals surface area contributed by atoms with E-state index >= 15 is 4.79 Å². The van der Waals surface area contributed by atoms with Gasteiger partial charge < -0.3 is 133 Å². The van der Waals surface area contributed by atoms with Crippen molar-refractivity contribution in [2.45, 2.75) is 226 Å². The molecule has 2 fully saturated rings. The number of aliphatic hydroxyl groups excluding tert-OH is 1. The molecule has 18 amide bonds. The third-order valence-corrected chi connectivity index (χ3v) is 23.1. The van der Waals surface area contributed by atoms with E-state index in [-0.39, 0.29) is 121 Å². The van der Waals surface area contributed by atoms with Gasteiger partial charge in [0.1, 0.15) is 84.3 Å². The van der Waals surface area contributed by atoms with E-state index in [0.29, 0.717) is 34.4 Å². The molecule has 1 aromatic heterocycles. The van der Waals surface area contributed by atoms with Crippen LogP contribution in [0.1, 0.15) is 127 Å².